The van der Waals surface area contributed by atoms with Gasteiger partial charge >= 0.3 is 0 Å². The zero-order valence-electron chi connectivity index (χ0n) is 6.77. The van der Waals surface area contributed by atoms with Crippen molar-refractivity contribution in [1.29, 1.82) is 0 Å². The highest BCUT2D eigenvalue weighted by Crippen LogP contribution is 2.09. The average Bonchev–Trinajstić information content (AvgIpc) is 2.50. The van der Waals surface area contributed by atoms with E-state index in [2.05, 4.69) is 11.2 Å². The first-order valence-electron chi connectivity index (χ1n) is 4.03. The van der Waals surface area contributed by atoms with E-state index in [0.717, 1.165) is 11.9 Å². The molecule has 12 heavy (non-hydrogen) atoms. The average molecular weight is 161 g/mol. The Morgan fingerprint density at radius 2 is 2.33 bits per heavy atom. The van der Waals surface area contributed by atoms with Crippen LogP contribution in [0.1, 0.15) is 5.56 Å². The highest BCUT2D eigenvalue weighted by molar-refractivity contribution is 5.53. The molecule has 0 aliphatic carbocycles. The van der Waals surface area contributed by atoms with Crippen LogP contribution >= 0.6 is 0 Å². The number of pyridine rings is 1. The Hall–Kier alpha value is -1.35. The van der Waals surface area contributed by atoms with Crippen molar-refractivity contribution in [2.45, 2.75) is 6.42 Å². The van der Waals surface area contributed by atoms with Crippen LogP contribution in [0.2, 0.25) is 0 Å². The second-order valence-corrected chi connectivity index (χ2v) is 2.74. The standard InChI is InChI=1S/C9H11N3/c10-5-4-8-7-11-12-6-2-1-3-9(8)12/h1-3,6-7H,4-5,10H2. The van der Waals surface area contributed by atoms with E-state index in [1.165, 1.54) is 5.56 Å². The van der Waals surface area contributed by atoms with Gasteiger partial charge in [-0.1, -0.05) is 6.07 Å². The zero-order valence-corrected chi connectivity index (χ0v) is 6.77. The Morgan fingerprint density at radius 1 is 1.42 bits per heavy atom. The number of hydrogen-bond acceptors (Lipinski definition) is 2. The molecule has 0 aromatic carbocycles. The minimum atomic E-state index is 0.677. The predicted octanol–water partition coefficient (Wildman–Crippen LogP) is 0.835. The molecule has 0 aliphatic rings. The second-order valence-electron chi connectivity index (χ2n) is 2.74. The van der Waals surface area contributed by atoms with Gasteiger partial charge in [-0.2, -0.15) is 5.10 Å². The summed E-state index contributed by atoms with van der Waals surface area (Å²) in [5.41, 5.74) is 7.85. The molecule has 2 aromatic rings. The van der Waals surface area contributed by atoms with Gasteiger partial charge in [0, 0.05) is 6.20 Å². The van der Waals surface area contributed by atoms with Crippen LogP contribution in [0.25, 0.3) is 5.52 Å². The largest absolute Gasteiger partial charge is 0.330 e. The number of fused-ring (bicyclic) bond motifs is 1. The Kier molecular flexibility index (Phi) is 1.80. The van der Waals surface area contributed by atoms with Gasteiger partial charge in [-0.25, -0.2) is 4.52 Å². The van der Waals surface area contributed by atoms with Crippen molar-refractivity contribution in [1.82, 2.24) is 9.61 Å². The van der Waals surface area contributed by atoms with Crippen molar-refractivity contribution >= 4 is 5.52 Å². The number of rotatable bonds is 2. The highest BCUT2D eigenvalue weighted by Gasteiger charge is 2.00. The summed E-state index contributed by atoms with van der Waals surface area (Å²) in [7, 11) is 0. The minimum absolute atomic E-state index is 0.677. The summed E-state index contributed by atoms with van der Waals surface area (Å²) in [6.45, 7) is 0.677. The summed E-state index contributed by atoms with van der Waals surface area (Å²) in [5, 5.41) is 4.20. The predicted molar refractivity (Wildman–Crippen MR) is 48.0 cm³/mol. The summed E-state index contributed by atoms with van der Waals surface area (Å²) >= 11 is 0. The van der Waals surface area contributed by atoms with Crippen molar-refractivity contribution < 1.29 is 0 Å². The maximum Gasteiger partial charge on any atom is 0.0694 e. The molecule has 0 saturated heterocycles. The van der Waals surface area contributed by atoms with Crippen molar-refractivity contribution in [3.05, 3.63) is 36.2 Å². The molecular formula is C9H11N3. The van der Waals surface area contributed by atoms with Crippen molar-refractivity contribution in [2.75, 3.05) is 6.54 Å². The van der Waals surface area contributed by atoms with E-state index in [9.17, 15) is 0 Å². The SMILES string of the molecule is NCCc1cnn2ccccc12. The third-order valence-electron chi connectivity index (χ3n) is 1.92. The molecule has 0 fully saturated rings. The normalized spacial score (nSPS) is 10.8. The first-order valence-corrected chi connectivity index (χ1v) is 4.03. The van der Waals surface area contributed by atoms with E-state index < -0.39 is 0 Å². The molecule has 0 unspecified atom stereocenters. The van der Waals surface area contributed by atoms with Crippen molar-refractivity contribution in [2.24, 2.45) is 5.73 Å². The van der Waals surface area contributed by atoms with Crippen LogP contribution in [0.5, 0.6) is 0 Å². The van der Waals surface area contributed by atoms with Gasteiger partial charge in [-0.05, 0) is 30.7 Å². The molecule has 0 spiro atoms. The van der Waals surface area contributed by atoms with E-state index in [1.54, 1.807) is 0 Å². The molecule has 0 amide bonds. The monoisotopic (exact) mass is 161 g/mol. The fourth-order valence-electron chi connectivity index (χ4n) is 1.34. The van der Waals surface area contributed by atoms with Crippen LogP contribution in [0.3, 0.4) is 0 Å². The lowest BCUT2D eigenvalue weighted by Gasteiger charge is -1.94. The van der Waals surface area contributed by atoms with Gasteiger partial charge in [0.05, 0.1) is 11.7 Å². The molecule has 0 bridgehead atoms. The van der Waals surface area contributed by atoms with Gasteiger partial charge in [0.15, 0.2) is 0 Å². The molecule has 62 valence electrons. The van der Waals surface area contributed by atoms with Crippen LogP contribution < -0.4 is 5.73 Å². The molecule has 0 aliphatic heterocycles. The van der Waals surface area contributed by atoms with Gasteiger partial charge < -0.3 is 5.73 Å². The molecule has 0 radical (unpaired) electrons. The lowest BCUT2D eigenvalue weighted by molar-refractivity contribution is 0.961. The maximum atomic E-state index is 5.47. The van der Waals surface area contributed by atoms with Gasteiger partial charge in [-0.15, -0.1) is 0 Å². The molecule has 2 heterocycles. The molecule has 0 atom stereocenters. The third kappa shape index (κ3) is 1.08. The first kappa shape index (κ1) is 7.31. The Morgan fingerprint density at radius 3 is 3.17 bits per heavy atom. The van der Waals surface area contributed by atoms with E-state index in [1.807, 2.05) is 29.0 Å². The van der Waals surface area contributed by atoms with Crippen molar-refractivity contribution in [3.63, 3.8) is 0 Å². The summed E-state index contributed by atoms with van der Waals surface area (Å²) in [4.78, 5) is 0. The number of aromatic nitrogens is 2. The van der Waals surface area contributed by atoms with Gasteiger partial charge in [0.2, 0.25) is 0 Å². The third-order valence-corrected chi connectivity index (χ3v) is 1.92. The van der Waals surface area contributed by atoms with Crippen LogP contribution in [0.15, 0.2) is 30.6 Å². The quantitative estimate of drug-likeness (QED) is 0.709. The van der Waals surface area contributed by atoms with Crippen LogP contribution in [0.4, 0.5) is 0 Å². The Labute approximate surface area is 70.8 Å². The second kappa shape index (κ2) is 2.95. The lowest BCUT2D eigenvalue weighted by atomic mass is 10.2. The molecule has 2 N–H and O–H groups in total. The fraction of sp³-hybridized carbons (Fsp3) is 0.222. The molecule has 3 nitrogen and oxygen atoms in total. The lowest BCUT2D eigenvalue weighted by Crippen LogP contribution is -2.02. The first-order chi connectivity index (χ1) is 5.92. The molecule has 3 heteroatoms. The Bertz CT molecular complexity index is 378. The van der Waals surface area contributed by atoms with E-state index in [4.69, 9.17) is 5.73 Å². The van der Waals surface area contributed by atoms with Gasteiger partial charge in [0.25, 0.3) is 0 Å². The summed E-state index contributed by atoms with van der Waals surface area (Å²) in [5.74, 6) is 0. The summed E-state index contributed by atoms with van der Waals surface area (Å²) in [6, 6.07) is 6.03. The minimum Gasteiger partial charge on any atom is -0.330 e. The van der Waals surface area contributed by atoms with Crippen molar-refractivity contribution in [3.8, 4) is 0 Å². The topological polar surface area (TPSA) is 43.3 Å². The zero-order chi connectivity index (χ0) is 8.39. The van der Waals surface area contributed by atoms with E-state index in [0.29, 0.717) is 6.54 Å². The highest BCUT2D eigenvalue weighted by atomic mass is 15.2. The smallest absolute Gasteiger partial charge is 0.0694 e. The number of hydrogen-bond donors (Lipinski definition) is 1. The Balaban J connectivity index is 2.55. The molecule has 0 saturated carbocycles. The fourth-order valence-corrected chi connectivity index (χ4v) is 1.34. The van der Waals surface area contributed by atoms with E-state index >= 15 is 0 Å². The number of nitrogens with zero attached hydrogens (tertiary/aromatic N) is 2. The van der Waals surface area contributed by atoms with E-state index in [-0.39, 0.29) is 0 Å². The maximum absolute atomic E-state index is 5.47. The molecule has 2 aromatic heterocycles. The van der Waals surface area contributed by atoms with Crippen LogP contribution in [0, 0.1) is 0 Å². The van der Waals surface area contributed by atoms with Crippen LogP contribution in [-0.4, -0.2) is 16.2 Å². The number of nitrogens with two attached hydrogens (primary N) is 1. The summed E-state index contributed by atoms with van der Waals surface area (Å²) in [6.07, 6.45) is 4.71. The molecule has 2 rings (SSSR count). The molecular weight excluding hydrogens is 150 g/mol. The van der Waals surface area contributed by atoms with Gasteiger partial charge in [-0.3, -0.25) is 0 Å². The van der Waals surface area contributed by atoms with Crippen LogP contribution in [-0.2, 0) is 6.42 Å². The van der Waals surface area contributed by atoms with Gasteiger partial charge in [0.1, 0.15) is 0 Å². The summed E-state index contributed by atoms with van der Waals surface area (Å²) < 4.78 is 1.87.